The Balaban J connectivity index is -0.00000516. The van der Waals surface area contributed by atoms with Gasteiger partial charge in [-0.05, 0) is 25.7 Å². The van der Waals surface area contributed by atoms with Crippen molar-refractivity contribution >= 4 is 53.5 Å². The minimum atomic E-state index is -6.15. The molecule has 524 valence electrons. The molecule has 1 rings (SSSR count). The third kappa shape index (κ3) is 60.3. The molecule has 6 atom stereocenters. The number of ether oxygens (including phenoxy) is 4. The molecule has 0 bridgehead atoms. The first kappa shape index (κ1) is 105. The fourth-order valence-electron chi connectivity index (χ4n) is 11.0. The zero-order chi connectivity index (χ0) is 65.6. The van der Waals surface area contributed by atoms with E-state index in [4.69, 9.17) is 18.9 Å². The van der Waals surface area contributed by atoms with Crippen LogP contribution in [0.1, 0.15) is 291 Å². The van der Waals surface area contributed by atoms with Gasteiger partial charge in [0.15, 0.2) is 0 Å². The number of hydrogen-bond acceptors (Lipinski definition) is 23. The minimum absolute atomic E-state index is 0. The van der Waals surface area contributed by atoms with Crippen LogP contribution in [0.2, 0.25) is 0 Å². The van der Waals surface area contributed by atoms with Gasteiger partial charge in [-0.3, -0.25) is 22.1 Å². The molecule has 1 aliphatic heterocycles. The SMILES string of the molecule is CCCCCCCCCCCCCCCCCCCCCCOCC(C)(COCCCCCCCCCCCCCCCCCCCCCC)COC1(C(=O)[O-])CC(OS(=O)(=O)[O-])C(N=C(C)[O-])C(C(OS(=O)(=O)O)C(COS(=O)(=O)[O-])OS(=O)(=O)[O-])O1.[Na+].[Na+].[Na+].[Na+].[Na+]. The smallest absolute Gasteiger partial charge is 0.862 e. The number of aliphatic imine (C=N–C) groups is 1. The van der Waals surface area contributed by atoms with Crippen molar-refractivity contribution in [2.75, 3.05) is 39.6 Å². The molecular formula is C60H112NNa5O23S4. The van der Waals surface area contributed by atoms with Crippen molar-refractivity contribution in [1.29, 1.82) is 0 Å². The average Bonchev–Trinajstić information content (AvgIpc) is 0.755. The van der Waals surface area contributed by atoms with Gasteiger partial charge in [-0.2, -0.15) is 8.42 Å². The molecule has 0 aromatic carbocycles. The van der Waals surface area contributed by atoms with E-state index < -0.39 is 115 Å². The number of aliphatic carboxylic acids is 1. The number of nitrogens with zero attached hydrogens (tertiary/aromatic N) is 1. The molecule has 33 heteroatoms. The van der Waals surface area contributed by atoms with Gasteiger partial charge >= 0.3 is 158 Å². The summed E-state index contributed by atoms with van der Waals surface area (Å²) in [6.45, 7) is 4.31. The van der Waals surface area contributed by atoms with Gasteiger partial charge in [0.25, 0.3) is 0 Å². The molecule has 6 unspecified atom stereocenters. The van der Waals surface area contributed by atoms with Gasteiger partial charge in [0.1, 0.15) is 36.4 Å². The molecular weight excluding hydrogens is 1350 g/mol. The summed E-state index contributed by atoms with van der Waals surface area (Å²) >= 11 is 0. The number of unbranched alkanes of at least 4 members (excludes halogenated alkanes) is 38. The summed E-state index contributed by atoms with van der Waals surface area (Å²) in [4.78, 5) is 16.9. The van der Waals surface area contributed by atoms with Crippen molar-refractivity contribution in [1.82, 2.24) is 0 Å². The maximum atomic E-state index is 13.3. The monoisotopic (exact) mass is 1460 g/mol. The van der Waals surface area contributed by atoms with Crippen LogP contribution in [0.25, 0.3) is 0 Å². The van der Waals surface area contributed by atoms with Gasteiger partial charge in [0.2, 0.25) is 37.0 Å². The topological polar surface area (TPSA) is 375 Å². The van der Waals surface area contributed by atoms with Gasteiger partial charge in [-0.1, -0.05) is 265 Å². The van der Waals surface area contributed by atoms with E-state index in [1.165, 1.54) is 193 Å². The second kappa shape index (κ2) is 62.6. The summed E-state index contributed by atoms with van der Waals surface area (Å²) in [5, 5.41) is 25.8. The summed E-state index contributed by atoms with van der Waals surface area (Å²) in [7, 11) is -24.0. The molecule has 1 N–H and O–H groups in total. The molecule has 0 saturated carbocycles. The van der Waals surface area contributed by atoms with Crippen molar-refractivity contribution in [2.45, 2.75) is 327 Å². The van der Waals surface area contributed by atoms with Crippen LogP contribution < -0.4 is 158 Å². The van der Waals surface area contributed by atoms with Crippen LogP contribution in [0.3, 0.4) is 0 Å². The molecule has 0 radical (unpaired) electrons. The third-order valence-electron chi connectivity index (χ3n) is 15.8. The fraction of sp³-hybridized carbons (Fsp3) is 0.967. The number of rotatable bonds is 62. The van der Waals surface area contributed by atoms with Gasteiger partial charge < -0.3 is 47.6 Å². The normalized spacial score (nSPS) is 17.9. The number of carboxylic acid groups (broad SMARTS) is 1. The van der Waals surface area contributed by atoms with Crippen LogP contribution in [0.4, 0.5) is 0 Å². The Hall–Kier alpha value is 3.26. The van der Waals surface area contributed by atoms with Crippen LogP contribution in [-0.2, 0) is 82.1 Å². The van der Waals surface area contributed by atoms with Crippen molar-refractivity contribution in [3.63, 3.8) is 0 Å². The molecule has 24 nitrogen and oxygen atoms in total. The average molecular weight is 1460 g/mol. The number of carbonyl (C=O) groups is 1. The van der Waals surface area contributed by atoms with E-state index >= 15 is 0 Å². The molecule has 0 aromatic rings. The van der Waals surface area contributed by atoms with Crippen LogP contribution in [0, 0.1) is 5.41 Å². The van der Waals surface area contributed by atoms with E-state index in [1.54, 1.807) is 6.92 Å². The predicted molar refractivity (Wildman–Crippen MR) is 327 cm³/mol. The Labute approximate surface area is 672 Å². The molecule has 0 aliphatic carbocycles. The second-order valence-electron chi connectivity index (χ2n) is 24.4. The van der Waals surface area contributed by atoms with Crippen LogP contribution in [0.5, 0.6) is 0 Å². The standard InChI is InChI=1S/C60H117NO23S4.5Na/c1-5-7-9-11-13-15-17-19-21-23-25-27-29-31-33-35-37-39-41-43-45-77-49-59(4,50-78-46-44-42-40-38-36-34-32-30-28-26-24-22-20-18-16-14-12-10-8-6-2)51-79-60(58(63)64)47-53(82-86(68,69)70)55(61-52(3)62)57(81-60)56(84-88(74,75)76)54(83-87(71,72)73)48-80-85(65,66)67;;;;;/h53-57H,5-51H2,1-4H3,(H,61,62)(H,63,64)(H,65,66,67)(H,68,69,70)(H,71,72,73)(H,74,75,76);;;;;/q;5*+1/p-5. The molecule has 1 fully saturated rings. The minimum Gasteiger partial charge on any atom is -0.862 e. The summed E-state index contributed by atoms with van der Waals surface area (Å²) in [5.41, 5.74) is -1.30. The molecule has 93 heavy (non-hydrogen) atoms. The quantitative estimate of drug-likeness (QED) is 0.0150. The zero-order valence-corrected chi connectivity index (χ0v) is 71.9. The van der Waals surface area contributed by atoms with Gasteiger partial charge in [0, 0.05) is 25.0 Å². The van der Waals surface area contributed by atoms with E-state index in [9.17, 15) is 66.9 Å². The summed E-state index contributed by atoms with van der Waals surface area (Å²) in [6, 6.07) is -2.49. The largest absolute Gasteiger partial charge is 1.00 e. The van der Waals surface area contributed by atoms with Crippen molar-refractivity contribution in [3.8, 4) is 0 Å². The van der Waals surface area contributed by atoms with Gasteiger partial charge in [-0.25, -0.2) is 29.4 Å². The Kier molecular flexibility index (Phi) is 70.6. The Bertz CT molecular complexity index is 2240. The molecule has 1 saturated heterocycles. The first-order valence-electron chi connectivity index (χ1n) is 33.1. The Morgan fingerprint density at radius 3 is 1.11 bits per heavy atom. The first-order valence-corrected chi connectivity index (χ1v) is 38.5. The van der Waals surface area contributed by atoms with E-state index in [0.717, 1.165) is 51.4 Å². The molecule has 0 aromatic heterocycles. The zero-order valence-electron chi connectivity index (χ0n) is 58.6. The Morgan fingerprint density at radius 2 is 0.839 bits per heavy atom. The predicted octanol–water partition coefficient (Wildman–Crippen LogP) is -4.56. The van der Waals surface area contributed by atoms with Crippen molar-refractivity contribution in [2.24, 2.45) is 10.4 Å². The Morgan fingerprint density at radius 1 is 0.516 bits per heavy atom. The number of hydrogen-bond donors (Lipinski definition) is 1. The van der Waals surface area contributed by atoms with E-state index in [0.29, 0.717) is 19.8 Å². The van der Waals surface area contributed by atoms with Gasteiger partial charge in [-0.15, -0.1) is 0 Å². The van der Waals surface area contributed by atoms with E-state index in [-0.39, 0.29) is 174 Å². The maximum absolute atomic E-state index is 13.3. The number of carbonyl (C=O) groups excluding carboxylic acids is 1. The van der Waals surface area contributed by atoms with E-state index in [1.807, 2.05) is 0 Å². The van der Waals surface area contributed by atoms with Crippen LogP contribution >= 0.6 is 0 Å². The van der Waals surface area contributed by atoms with E-state index in [2.05, 4.69) is 35.6 Å². The van der Waals surface area contributed by atoms with Crippen LogP contribution in [0.15, 0.2) is 4.99 Å². The molecule has 0 amide bonds. The molecule has 1 heterocycles. The summed E-state index contributed by atoms with van der Waals surface area (Å²) < 4.78 is 182. The fourth-order valence-corrected chi connectivity index (χ4v) is 12.8. The maximum Gasteiger partial charge on any atom is 1.00 e. The van der Waals surface area contributed by atoms with Crippen molar-refractivity contribution in [3.05, 3.63) is 0 Å². The number of carboxylic acids is 1. The third-order valence-corrected chi connectivity index (χ3v) is 17.6. The summed E-state index contributed by atoms with van der Waals surface area (Å²) in [5.74, 6) is -7.12. The van der Waals surface area contributed by atoms with Gasteiger partial charge in [0.05, 0.1) is 26.4 Å². The second-order valence-corrected chi connectivity index (χ2v) is 28.5. The molecule has 1 aliphatic rings. The van der Waals surface area contributed by atoms with Crippen LogP contribution in [-0.4, -0.2) is 140 Å². The molecule has 0 spiro atoms. The van der Waals surface area contributed by atoms with Crippen molar-refractivity contribution < 1.29 is 250 Å². The first-order chi connectivity index (χ1) is 41.6. The summed E-state index contributed by atoms with van der Waals surface area (Å²) in [6.07, 6.45) is 35.4.